The number of amides is 1. The molecule has 1 aromatic rings. The number of methoxy groups -OCH3 is 1. The van der Waals surface area contributed by atoms with Crippen LogP contribution in [0, 0.1) is 10.1 Å². The minimum atomic E-state index is -1.26. The van der Waals surface area contributed by atoms with Crippen molar-refractivity contribution in [2.75, 3.05) is 13.7 Å². The molecule has 0 radical (unpaired) electrons. The van der Waals surface area contributed by atoms with E-state index in [9.17, 15) is 19.7 Å². The van der Waals surface area contributed by atoms with Gasteiger partial charge in [-0.3, -0.25) is 14.9 Å². The van der Waals surface area contributed by atoms with Crippen molar-refractivity contribution in [2.45, 2.75) is 6.04 Å². The van der Waals surface area contributed by atoms with Crippen molar-refractivity contribution in [1.29, 1.82) is 0 Å². The molecule has 0 saturated heterocycles. The highest BCUT2D eigenvalue weighted by molar-refractivity contribution is 9.10. The Kier molecular flexibility index (Phi) is 5.59. The summed E-state index contributed by atoms with van der Waals surface area (Å²) < 4.78 is 5.00. The molecule has 0 aromatic heterocycles. The number of rotatable bonds is 6. The Hall–Kier alpha value is -2.00. The normalized spacial score (nSPS) is 11.7. The third-order valence-electron chi connectivity index (χ3n) is 2.34. The molecule has 0 spiro atoms. The van der Waals surface area contributed by atoms with Crippen LogP contribution >= 0.6 is 15.9 Å². The van der Waals surface area contributed by atoms with Crippen LogP contribution in [-0.2, 0) is 9.53 Å². The van der Waals surface area contributed by atoms with Gasteiger partial charge in [0, 0.05) is 23.7 Å². The van der Waals surface area contributed by atoms with E-state index in [4.69, 9.17) is 5.11 Å². The van der Waals surface area contributed by atoms with E-state index in [1.165, 1.54) is 19.2 Å². The molecule has 1 amide bonds. The second-order valence-corrected chi connectivity index (χ2v) is 4.60. The maximum atomic E-state index is 11.9. The van der Waals surface area contributed by atoms with Crippen LogP contribution in [0.5, 0.6) is 0 Å². The van der Waals surface area contributed by atoms with Crippen LogP contribution in [-0.4, -0.2) is 41.7 Å². The fraction of sp³-hybridized carbons (Fsp3) is 0.273. The second kappa shape index (κ2) is 6.96. The third-order valence-corrected chi connectivity index (χ3v) is 3.03. The summed E-state index contributed by atoms with van der Waals surface area (Å²) in [4.78, 5) is 32.9. The number of nitro benzene ring substituents is 1. The smallest absolute Gasteiger partial charge is 0.328 e. The van der Waals surface area contributed by atoms with Crippen LogP contribution in [0.2, 0.25) is 0 Å². The highest BCUT2D eigenvalue weighted by Crippen LogP contribution is 2.22. The number of halogens is 1. The predicted octanol–water partition coefficient (Wildman–Crippen LogP) is 1.19. The molecule has 0 aliphatic rings. The molecule has 108 valence electrons. The zero-order valence-corrected chi connectivity index (χ0v) is 11.9. The molecule has 1 atom stereocenters. The molecule has 8 nitrogen and oxygen atoms in total. The quantitative estimate of drug-likeness (QED) is 0.589. The zero-order chi connectivity index (χ0) is 15.3. The minimum Gasteiger partial charge on any atom is -0.480 e. The molecule has 1 unspecified atom stereocenters. The number of ether oxygens (including phenoxy) is 1. The molecule has 0 bridgehead atoms. The second-order valence-electron chi connectivity index (χ2n) is 3.74. The standard InChI is InChI=1S/C11H11BrN2O6/c1-20-5-9(11(16)17)13-10(15)7-4-6(14(18)19)2-3-8(7)12/h2-4,9H,5H2,1H3,(H,13,15)(H,16,17). The summed E-state index contributed by atoms with van der Waals surface area (Å²) in [5.41, 5.74) is -0.293. The molecule has 1 aromatic carbocycles. The summed E-state index contributed by atoms with van der Waals surface area (Å²) in [6.07, 6.45) is 0. The Balaban J connectivity index is 2.99. The summed E-state index contributed by atoms with van der Waals surface area (Å²) in [5, 5.41) is 21.8. The number of carboxylic acids is 1. The van der Waals surface area contributed by atoms with Gasteiger partial charge in [-0.15, -0.1) is 0 Å². The number of hydrogen-bond donors (Lipinski definition) is 2. The molecular weight excluding hydrogens is 336 g/mol. The number of nitrogens with one attached hydrogen (secondary N) is 1. The van der Waals surface area contributed by atoms with Gasteiger partial charge >= 0.3 is 5.97 Å². The number of carbonyl (C=O) groups excluding carboxylic acids is 1. The van der Waals surface area contributed by atoms with Gasteiger partial charge in [-0.05, 0) is 22.0 Å². The van der Waals surface area contributed by atoms with Gasteiger partial charge in [0.15, 0.2) is 6.04 Å². The van der Waals surface area contributed by atoms with E-state index in [0.717, 1.165) is 6.07 Å². The number of non-ortho nitro benzene ring substituents is 1. The fourth-order valence-electron chi connectivity index (χ4n) is 1.38. The summed E-state index contributed by atoms with van der Waals surface area (Å²) >= 11 is 3.08. The SMILES string of the molecule is COCC(NC(=O)c1cc([N+](=O)[O-])ccc1Br)C(=O)O. The topological polar surface area (TPSA) is 119 Å². The summed E-state index contributed by atoms with van der Waals surface area (Å²) in [5.74, 6) is -2.01. The van der Waals surface area contributed by atoms with E-state index >= 15 is 0 Å². The van der Waals surface area contributed by atoms with Crippen molar-refractivity contribution in [2.24, 2.45) is 0 Å². The van der Waals surface area contributed by atoms with Crippen molar-refractivity contribution >= 4 is 33.5 Å². The summed E-state index contributed by atoms with van der Waals surface area (Å²) in [6, 6.07) is 2.40. The number of carboxylic acid groups (broad SMARTS) is 1. The Morgan fingerprint density at radius 1 is 1.55 bits per heavy atom. The molecular formula is C11H11BrN2O6. The van der Waals surface area contributed by atoms with Gasteiger partial charge in [0.25, 0.3) is 11.6 Å². The molecule has 0 fully saturated rings. The van der Waals surface area contributed by atoms with E-state index in [2.05, 4.69) is 26.0 Å². The monoisotopic (exact) mass is 346 g/mol. The van der Waals surface area contributed by atoms with Gasteiger partial charge < -0.3 is 15.2 Å². The average molecular weight is 347 g/mol. The molecule has 0 aliphatic heterocycles. The highest BCUT2D eigenvalue weighted by Gasteiger charge is 2.23. The number of hydrogen-bond acceptors (Lipinski definition) is 5. The van der Waals surface area contributed by atoms with Gasteiger partial charge in [0.05, 0.1) is 17.1 Å². The van der Waals surface area contributed by atoms with E-state index in [1.54, 1.807) is 0 Å². The summed E-state index contributed by atoms with van der Waals surface area (Å²) in [6.45, 7) is -0.215. The number of benzene rings is 1. The van der Waals surface area contributed by atoms with Gasteiger partial charge in [-0.2, -0.15) is 0 Å². The molecule has 0 saturated carbocycles. The lowest BCUT2D eigenvalue weighted by Gasteiger charge is -2.14. The van der Waals surface area contributed by atoms with Crippen LogP contribution < -0.4 is 5.32 Å². The van der Waals surface area contributed by atoms with Gasteiger partial charge in [0.1, 0.15) is 0 Å². The van der Waals surface area contributed by atoms with Crippen LogP contribution in [0.4, 0.5) is 5.69 Å². The largest absolute Gasteiger partial charge is 0.480 e. The first-order chi connectivity index (χ1) is 9.36. The Bertz CT molecular complexity index is 548. The first-order valence-corrected chi connectivity index (χ1v) is 6.12. The third kappa shape index (κ3) is 4.00. The fourth-order valence-corrected chi connectivity index (χ4v) is 1.80. The number of nitro groups is 1. The predicted molar refractivity (Wildman–Crippen MR) is 71.6 cm³/mol. The Morgan fingerprint density at radius 2 is 2.20 bits per heavy atom. The van der Waals surface area contributed by atoms with E-state index in [0.29, 0.717) is 4.47 Å². The van der Waals surface area contributed by atoms with Crippen LogP contribution in [0.1, 0.15) is 10.4 Å². The van der Waals surface area contributed by atoms with Crippen molar-refractivity contribution < 1.29 is 24.4 Å². The van der Waals surface area contributed by atoms with Crippen molar-refractivity contribution in [3.63, 3.8) is 0 Å². The molecule has 9 heteroatoms. The maximum Gasteiger partial charge on any atom is 0.328 e. The first-order valence-electron chi connectivity index (χ1n) is 5.33. The van der Waals surface area contributed by atoms with Crippen molar-refractivity contribution in [3.8, 4) is 0 Å². The Labute approximate surface area is 122 Å². The molecule has 20 heavy (non-hydrogen) atoms. The first kappa shape index (κ1) is 16.1. The van der Waals surface area contributed by atoms with Gasteiger partial charge in [-0.25, -0.2) is 4.79 Å². The molecule has 1 rings (SSSR count). The van der Waals surface area contributed by atoms with E-state index in [-0.39, 0.29) is 17.9 Å². The van der Waals surface area contributed by atoms with Crippen LogP contribution in [0.25, 0.3) is 0 Å². The van der Waals surface area contributed by atoms with Crippen molar-refractivity contribution in [3.05, 3.63) is 38.3 Å². The number of nitrogens with zero attached hydrogens (tertiary/aromatic N) is 1. The lowest BCUT2D eigenvalue weighted by Crippen LogP contribution is -2.43. The van der Waals surface area contributed by atoms with Crippen LogP contribution in [0.15, 0.2) is 22.7 Å². The van der Waals surface area contributed by atoms with E-state index < -0.39 is 22.8 Å². The Morgan fingerprint density at radius 3 is 2.70 bits per heavy atom. The number of aliphatic carboxylic acids is 1. The average Bonchev–Trinajstić information content (AvgIpc) is 2.38. The molecule has 2 N–H and O–H groups in total. The van der Waals surface area contributed by atoms with Gasteiger partial charge in [-0.1, -0.05) is 0 Å². The highest BCUT2D eigenvalue weighted by atomic mass is 79.9. The van der Waals surface area contributed by atoms with E-state index in [1.807, 2.05) is 0 Å². The van der Waals surface area contributed by atoms with Gasteiger partial charge in [0.2, 0.25) is 0 Å². The lowest BCUT2D eigenvalue weighted by atomic mass is 10.1. The number of carbonyl (C=O) groups is 2. The molecule has 0 aliphatic carbocycles. The molecule has 0 heterocycles. The zero-order valence-electron chi connectivity index (χ0n) is 10.3. The minimum absolute atomic E-state index is 0.0263. The maximum absolute atomic E-state index is 11.9. The lowest BCUT2D eigenvalue weighted by molar-refractivity contribution is -0.384. The summed E-state index contributed by atoms with van der Waals surface area (Å²) in [7, 11) is 1.30. The van der Waals surface area contributed by atoms with Crippen molar-refractivity contribution in [1.82, 2.24) is 5.32 Å². The van der Waals surface area contributed by atoms with Crippen LogP contribution in [0.3, 0.4) is 0 Å².